The summed E-state index contributed by atoms with van der Waals surface area (Å²) < 4.78 is 3.70. The Morgan fingerprint density at radius 2 is 1.77 bits per heavy atom. The maximum atomic E-state index is 12.5. The molecule has 0 atom stereocenters. The first-order valence-electron chi connectivity index (χ1n) is 9.77. The molecule has 0 saturated carbocycles. The van der Waals surface area contributed by atoms with Crippen molar-refractivity contribution in [3.8, 4) is 17.1 Å². The lowest BCUT2D eigenvalue weighted by Crippen LogP contribution is -2.14. The van der Waals surface area contributed by atoms with Crippen molar-refractivity contribution in [3.05, 3.63) is 93.3 Å². The van der Waals surface area contributed by atoms with Gasteiger partial charge in [-0.2, -0.15) is 0 Å². The van der Waals surface area contributed by atoms with E-state index in [2.05, 4.69) is 50.9 Å². The fraction of sp³-hybridized carbons (Fsp3) is 0.130. The topological polar surface area (TPSA) is 65.1 Å². The van der Waals surface area contributed by atoms with E-state index in [1.54, 1.807) is 10.5 Å². The van der Waals surface area contributed by atoms with Crippen molar-refractivity contribution in [2.24, 2.45) is 0 Å². The summed E-state index contributed by atoms with van der Waals surface area (Å²) in [5.41, 5.74) is 4.77. The highest BCUT2D eigenvalue weighted by atomic mass is 32.2. The maximum Gasteiger partial charge on any atom is 0.258 e. The number of hydrogen-bond donors (Lipinski definition) is 0. The summed E-state index contributed by atoms with van der Waals surface area (Å²) in [6, 6.07) is 19.9. The van der Waals surface area contributed by atoms with E-state index in [-0.39, 0.29) is 5.56 Å². The Balaban J connectivity index is 1.53. The van der Waals surface area contributed by atoms with E-state index in [0.717, 1.165) is 33.6 Å². The number of thiazole rings is 1. The zero-order chi connectivity index (χ0) is 21.4. The molecule has 31 heavy (non-hydrogen) atoms. The Morgan fingerprint density at radius 1 is 1.00 bits per heavy atom. The Morgan fingerprint density at radius 3 is 2.55 bits per heavy atom. The molecule has 6 nitrogen and oxygen atoms in total. The highest BCUT2D eigenvalue weighted by Crippen LogP contribution is 2.29. The number of rotatable bonds is 5. The number of aryl methyl sites for hydroxylation is 2. The lowest BCUT2D eigenvalue weighted by Gasteiger charge is -2.11. The second-order valence-electron chi connectivity index (χ2n) is 7.21. The molecule has 0 amide bonds. The summed E-state index contributed by atoms with van der Waals surface area (Å²) >= 11 is 3.00. The highest BCUT2D eigenvalue weighted by molar-refractivity contribution is 7.98. The lowest BCUT2D eigenvalue weighted by molar-refractivity contribution is 0.884. The van der Waals surface area contributed by atoms with Crippen LogP contribution in [0.4, 0.5) is 0 Å². The number of thioether (sulfide) groups is 1. The van der Waals surface area contributed by atoms with E-state index >= 15 is 0 Å². The van der Waals surface area contributed by atoms with Gasteiger partial charge in [0.2, 0.25) is 0 Å². The summed E-state index contributed by atoms with van der Waals surface area (Å²) in [4.78, 5) is 17.9. The number of hydrogen-bond acceptors (Lipinski definition) is 6. The standard InChI is InChI=1S/C23H19N5OS2/c1-15-8-10-19(11-9-15)28-21(17-6-4-3-5-7-17)25-26-23(28)31-14-18-12-20(29)27-16(2)13-30-22(27)24-18/h3-13H,14H2,1-2H3. The molecule has 8 heteroatoms. The van der Waals surface area contributed by atoms with Gasteiger partial charge in [-0.05, 0) is 26.0 Å². The number of aromatic nitrogens is 5. The number of fused-ring (bicyclic) bond motifs is 1. The smallest absolute Gasteiger partial charge is 0.258 e. The number of benzene rings is 2. The van der Waals surface area contributed by atoms with Crippen LogP contribution in [0.25, 0.3) is 22.0 Å². The molecule has 0 aliphatic heterocycles. The van der Waals surface area contributed by atoms with Gasteiger partial charge in [0.25, 0.3) is 5.56 Å². The van der Waals surface area contributed by atoms with E-state index in [1.165, 1.54) is 28.7 Å². The zero-order valence-corrected chi connectivity index (χ0v) is 18.7. The second kappa shape index (κ2) is 8.13. The molecule has 3 aromatic heterocycles. The highest BCUT2D eigenvalue weighted by Gasteiger charge is 2.17. The summed E-state index contributed by atoms with van der Waals surface area (Å²) in [7, 11) is 0. The molecule has 0 bridgehead atoms. The van der Waals surface area contributed by atoms with Crippen LogP contribution in [0.1, 0.15) is 17.0 Å². The van der Waals surface area contributed by atoms with E-state index in [4.69, 9.17) is 0 Å². The third-order valence-corrected chi connectivity index (χ3v) is 6.84. The van der Waals surface area contributed by atoms with Gasteiger partial charge in [0.15, 0.2) is 15.9 Å². The van der Waals surface area contributed by atoms with Crippen molar-refractivity contribution in [3.63, 3.8) is 0 Å². The van der Waals surface area contributed by atoms with E-state index in [0.29, 0.717) is 10.7 Å². The van der Waals surface area contributed by atoms with Gasteiger partial charge in [0.05, 0.1) is 5.69 Å². The summed E-state index contributed by atoms with van der Waals surface area (Å²) in [6.07, 6.45) is 0. The van der Waals surface area contributed by atoms with Crippen molar-refractivity contribution in [1.29, 1.82) is 0 Å². The predicted molar refractivity (Wildman–Crippen MR) is 125 cm³/mol. The lowest BCUT2D eigenvalue weighted by atomic mass is 10.2. The van der Waals surface area contributed by atoms with Crippen molar-refractivity contribution in [2.45, 2.75) is 24.8 Å². The average Bonchev–Trinajstić information content (AvgIpc) is 3.37. The Hall–Kier alpha value is -3.23. The van der Waals surface area contributed by atoms with Gasteiger partial charge in [-0.3, -0.25) is 13.8 Å². The Bertz CT molecular complexity index is 1420. The molecule has 0 aliphatic carbocycles. The first kappa shape index (κ1) is 19.7. The molecule has 0 radical (unpaired) electrons. The minimum atomic E-state index is -0.0515. The first-order valence-corrected chi connectivity index (χ1v) is 11.6. The predicted octanol–water partition coefficient (Wildman–Crippen LogP) is 4.91. The van der Waals surface area contributed by atoms with Crippen LogP contribution in [0.15, 0.2) is 76.0 Å². The summed E-state index contributed by atoms with van der Waals surface area (Å²) in [5, 5.41) is 11.6. The van der Waals surface area contributed by atoms with Gasteiger partial charge in [0, 0.05) is 34.1 Å². The SMILES string of the molecule is Cc1ccc(-n2c(SCc3cc(=O)n4c(C)csc4n3)nnc2-c2ccccc2)cc1. The van der Waals surface area contributed by atoms with Gasteiger partial charge >= 0.3 is 0 Å². The van der Waals surface area contributed by atoms with Gasteiger partial charge in [-0.25, -0.2) is 4.98 Å². The Kier molecular flexibility index (Phi) is 5.17. The molecule has 0 unspecified atom stereocenters. The van der Waals surface area contributed by atoms with Crippen LogP contribution < -0.4 is 5.56 Å². The molecule has 2 aromatic carbocycles. The van der Waals surface area contributed by atoms with Crippen LogP contribution in [-0.4, -0.2) is 24.1 Å². The third kappa shape index (κ3) is 3.80. The van der Waals surface area contributed by atoms with Gasteiger partial charge in [0.1, 0.15) is 0 Å². The fourth-order valence-electron chi connectivity index (χ4n) is 3.38. The maximum absolute atomic E-state index is 12.5. The second-order valence-corrected chi connectivity index (χ2v) is 8.99. The summed E-state index contributed by atoms with van der Waals surface area (Å²) in [6.45, 7) is 3.98. The first-order chi connectivity index (χ1) is 15.1. The molecule has 0 spiro atoms. The van der Waals surface area contributed by atoms with E-state index in [1.807, 2.05) is 42.6 Å². The molecule has 3 heterocycles. The van der Waals surface area contributed by atoms with Gasteiger partial charge in [-0.15, -0.1) is 21.5 Å². The average molecular weight is 446 g/mol. The molecular weight excluding hydrogens is 426 g/mol. The van der Waals surface area contributed by atoms with Gasteiger partial charge in [-0.1, -0.05) is 59.8 Å². The Labute approximate surface area is 187 Å². The van der Waals surface area contributed by atoms with E-state index in [9.17, 15) is 4.79 Å². The minimum Gasteiger partial charge on any atom is -0.270 e. The normalized spacial score (nSPS) is 11.3. The van der Waals surface area contributed by atoms with E-state index < -0.39 is 0 Å². The van der Waals surface area contributed by atoms with Crippen molar-refractivity contribution >= 4 is 28.1 Å². The van der Waals surface area contributed by atoms with Crippen LogP contribution in [0, 0.1) is 13.8 Å². The molecule has 0 aliphatic rings. The van der Waals surface area contributed by atoms with Crippen molar-refractivity contribution < 1.29 is 0 Å². The molecule has 0 saturated heterocycles. The zero-order valence-electron chi connectivity index (χ0n) is 17.0. The fourth-order valence-corrected chi connectivity index (χ4v) is 5.11. The molecular formula is C23H19N5OS2. The molecule has 154 valence electrons. The van der Waals surface area contributed by atoms with Crippen LogP contribution in [-0.2, 0) is 5.75 Å². The van der Waals surface area contributed by atoms with Gasteiger partial charge < -0.3 is 0 Å². The molecule has 0 fully saturated rings. The van der Waals surface area contributed by atoms with Crippen molar-refractivity contribution in [1.82, 2.24) is 24.1 Å². The minimum absolute atomic E-state index is 0.0515. The van der Waals surface area contributed by atoms with Crippen LogP contribution in [0.2, 0.25) is 0 Å². The molecule has 5 aromatic rings. The number of nitrogens with zero attached hydrogens (tertiary/aromatic N) is 5. The molecule has 5 rings (SSSR count). The van der Waals surface area contributed by atoms with Crippen LogP contribution in [0.3, 0.4) is 0 Å². The van der Waals surface area contributed by atoms with Crippen LogP contribution in [0.5, 0.6) is 0 Å². The summed E-state index contributed by atoms with van der Waals surface area (Å²) in [5.74, 6) is 1.31. The molecule has 0 N–H and O–H groups in total. The monoisotopic (exact) mass is 445 g/mol. The van der Waals surface area contributed by atoms with Crippen LogP contribution >= 0.6 is 23.1 Å². The largest absolute Gasteiger partial charge is 0.270 e. The van der Waals surface area contributed by atoms with Crippen molar-refractivity contribution in [2.75, 3.05) is 0 Å². The third-order valence-electron chi connectivity index (χ3n) is 4.94. The quantitative estimate of drug-likeness (QED) is 0.360.